The van der Waals surface area contributed by atoms with Crippen LogP contribution in [0.3, 0.4) is 0 Å². The number of halogens is 1. The van der Waals surface area contributed by atoms with Crippen molar-refractivity contribution in [3.05, 3.63) is 32.9 Å². The lowest BCUT2D eigenvalue weighted by Crippen LogP contribution is -2.51. The Bertz CT molecular complexity index is 821. The number of rotatable bonds is 6. The molecule has 0 bridgehead atoms. The molecule has 1 N–H and O–H groups in total. The van der Waals surface area contributed by atoms with Crippen molar-refractivity contribution >= 4 is 27.0 Å². The molecule has 2 atom stereocenters. The number of pyridine rings is 1. The van der Waals surface area contributed by atoms with Crippen molar-refractivity contribution in [2.45, 2.75) is 58.7 Å². The lowest BCUT2D eigenvalue weighted by molar-refractivity contribution is 0.131. The maximum Gasteiger partial charge on any atom is 0.263 e. The van der Waals surface area contributed by atoms with E-state index in [1.807, 2.05) is 10.6 Å². The molecule has 0 amide bonds. The zero-order valence-electron chi connectivity index (χ0n) is 15.8. The minimum absolute atomic E-state index is 0.0185. The lowest BCUT2D eigenvalue weighted by Gasteiger charge is -2.38. The summed E-state index contributed by atoms with van der Waals surface area (Å²) >= 11 is 3.42. The van der Waals surface area contributed by atoms with E-state index >= 15 is 0 Å². The van der Waals surface area contributed by atoms with Gasteiger partial charge < -0.3 is 5.32 Å². The first-order valence-corrected chi connectivity index (χ1v) is 10.4. The van der Waals surface area contributed by atoms with Crippen LogP contribution in [0.2, 0.25) is 0 Å². The van der Waals surface area contributed by atoms with Crippen molar-refractivity contribution in [1.82, 2.24) is 24.8 Å². The first kappa shape index (κ1) is 19.5. The number of aromatic nitrogens is 3. The average Bonchev–Trinajstić information content (AvgIpc) is 2.63. The Hall–Kier alpha value is -1.31. The highest BCUT2D eigenvalue weighted by atomic mass is 79.9. The Labute approximate surface area is 163 Å². The molecule has 0 aromatic carbocycles. The maximum absolute atomic E-state index is 13.2. The van der Waals surface area contributed by atoms with Crippen LogP contribution >= 0.6 is 15.9 Å². The van der Waals surface area contributed by atoms with Crippen molar-refractivity contribution in [2.75, 3.05) is 19.6 Å². The summed E-state index contributed by atoms with van der Waals surface area (Å²) in [6.07, 6.45) is 4.66. The molecule has 0 unspecified atom stereocenters. The first-order chi connectivity index (χ1) is 12.5. The van der Waals surface area contributed by atoms with E-state index in [0.717, 1.165) is 49.2 Å². The predicted octanol–water partition coefficient (Wildman–Crippen LogP) is 3.10. The molecule has 1 aliphatic rings. The van der Waals surface area contributed by atoms with E-state index < -0.39 is 0 Å². The molecule has 142 valence electrons. The monoisotopic (exact) mass is 421 g/mol. The van der Waals surface area contributed by atoms with Crippen LogP contribution in [0.4, 0.5) is 0 Å². The number of fused-ring (bicyclic) bond motifs is 1. The molecule has 1 fully saturated rings. The molecule has 2 aromatic rings. The van der Waals surface area contributed by atoms with E-state index in [4.69, 9.17) is 4.98 Å². The molecule has 26 heavy (non-hydrogen) atoms. The Balaban J connectivity index is 2.14. The van der Waals surface area contributed by atoms with Gasteiger partial charge in [-0.2, -0.15) is 0 Å². The first-order valence-electron chi connectivity index (χ1n) is 9.58. The van der Waals surface area contributed by atoms with Crippen LogP contribution in [0.1, 0.15) is 51.9 Å². The van der Waals surface area contributed by atoms with Crippen LogP contribution < -0.4 is 10.9 Å². The summed E-state index contributed by atoms with van der Waals surface area (Å²) < 4.78 is 2.68. The molecule has 0 saturated carbocycles. The normalized spacial score (nSPS) is 19.8. The molecule has 0 spiro atoms. The van der Waals surface area contributed by atoms with Gasteiger partial charge in [-0.05, 0) is 41.8 Å². The van der Waals surface area contributed by atoms with Crippen LogP contribution in [0, 0.1) is 0 Å². The third-order valence-electron chi connectivity index (χ3n) is 4.95. The molecule has 0 aliphatic carbocycles. The largest absolute Gasteiger partial charge is 0.312 e. The van der Waals surface area contributed by atoms with E-state index in [2.05, 4.69) is 51.9 Å². The fourth-order valence-corrected chi connectivity index (χ4v) is 4.12. The summed E-state index contributed by atoms with van der Waals surface area (Å²) in [5.41, 5.74) is 0.565. The van der Waals surface area contributed by atoms with E-state index in [1.54, 1.807) is 6.20 Å². The highest BCUT2D eigenvalue weighted by molar-refractivity contribution is 9.10. The molecule has 3 rings (SSSR count). The van der Waals surface area contributed by atoms with Gasteiger partial charge in [0.15, 0.2) is 5.65 Å². The van der Waals surface area contributed by atoms with Crippen molar-refractivity contribution in [3.63, 3.8) is 0 Å². The number of piperazine rings is 1. The second-order valence-corrected chi connectivity index (χ2v) is 8.02. The molecule has 1 saturated heterocycles. The van der Waals surface area contributed by atoms with Crippen LogP contribution in [0.15, 0.2) is 21.5 Å². The van der Waals surface area contributed by atoms with Crippen molar-refractivity contribution < 1.29 is 0 Å². The van der Waals surface area contributed by atoms with Gasteiger partial charge >= 0.3 is 0 Å². The molecular weight excluding hydrogens is 394 g/mol. The fraction of sp³-hybridized carbons (Fsp3) is 0.632. The minimum atomic E-state index is 0.0185. The van der Waals surface area contributed by atoms with E-state index in [9.17, 15) is 4.79 Å². The highest BCUT2D eigenvalue weighted by Crippen LogP contribution is 2.26. The third kappa shape index (κ3) is 4.00. The van der Waals surface area contributed by atoms with E-state index in [1.165, 1.54) is 0 Å². The lowest BCUT2D eigenvalue weighted by atomic mass is 10.1. The van der Waals surface area contributed by atoms with Crippen LogP contribution in [-0.4, -0.2) is 45.1 Å². The standard InChI is InChI=1S/C19H28BrN5O/c1-4-6-16(24-9-7-21-13(3)12-24)18-23-17-15(10-14(20)11-22-17)19(26)25(18)8-5-2/h10-11,13,16,21H,4-9,12H2,1-3H3/t13-,16-/m0/s1. The summed E-state index contributed by atoms with van der Waals surface area (Å²) in [5.74, 6) is 0.870. The van der Waals surface area contributed by atoms with Crippen LogP contribution in [0.5, 0.6) is 0 Å². The van der Waals surface area contributed by atoms with Crippen molar-refractivity contribution in [2.24, 2.45) is 0 Å². The predicted molar refractivity (Wildman–Crippen MR) is 108 cm³/mol. The summed E-state index contributed by atoms with van der Waals surface area (Å²) in [5, 5.41) is 4.08. The van der Waals surface area contributed by atoms with E-state index in [-0.39, 0.29) is 11.6 Å². The molecule has 6 nitrogen and oxygen atoms in total. The maximum atomic E-state index is 13.2. The topological polar surface area (TPSA) is 63.1 Å². The summed E-state index contributed by atoms with van der Waals surface area (Å²) in [6.45, 7) is 10.1. The van der Waals surface area contributed by atoms with Crippen molar-refractivity contribution in [3.8, 4) is 0 Å². The Morgan fingerprint density at radius 3 is 2.88 bits per heavy atom. The van der Waals surface area contributed by atoms with Gasteiger partial charge in [-0.15, -0.1) is 0 Å². The van der Waals surface area contributed by atoms with Crippen LogP contribution in [-0.2, 0) is 6.54 Å². The van der Waals surface area contributed by atoms with Gasteiger partial charge in [-0.3, -0.25) is 14.3 Å². The summed E-state index contributed by atoms with van der Waals surface area (Å²) in [4.78, 5) is 24.9. The van der Waals surface area contributed by atoms with Crippen LogP contribution in [0.25, 0.3) is 11.0 Å². The zero-order chi connectivity index (χ0) is 18.7. The Morgan fingerprint density at radius 2 is 2.19 bits per heavy atom. The van der Waals surface area contributed by atoms with Gasteiger partial charge in [-0.25, -0.2) is 9.97 Å². The van der Waals surface area contributed by atoms with E-state index in [0.29, 0.717) is 23.6 Å². The SMILES string of the molecule is CCC[C@@H](c1nc2ncc(Br)cc2c(=O)n1CCC)N1CCN[C@@H](C)C1. The minimum Gasteiger partial charge on any atom is -0.312 e. The molecule has 3 heterocycles. The van der Waals surface area contributed by atoms with Gasteiger partial charge in [-0.1, -0.05) is 20.3 Å². The Kier molecular flexibility index (Phi) is 6.42. The third-order valence-corrected chi connectivity index (χ3v) is 5.39. The van der Waals surface area contributed by atoms with Gasteiger partial charge in [0, 0.05) is 42.9 Å². The van der Waals surface area contributed by atoms with Gasteiger partial charge in [0.2, 0.25) is 0 Å². The Morgan fingerprint density at radius 1 is 1.38 bits per heavy atom. The number of hydrogen-bond donors (Lipinski definition) is 1. The smallest absolute Gasteiger partial charge is 0.263 e. The molecule has 7 heteroatoms. The molecule has 1 aliphatic heterocycles. The second-order valence-electron chi connectivity index (χ2n) is 7.11. The summed E-state index contributed by atoms with van der Waals surface area (Å²) in [6, 6.07) is 2.43. The zero-order valence-corrected chi connectivity index (χ0v) is 17.4. The van der Waals surface area contributed by atoms with Gasteiger partial charge in [0.05, 0.1) is 11.4 Å². The molecular formula is C19H28BrN5O. The van der Waals surface area contributed by atoms with Gasteiger partial charge in [0.25, 0.3) is 5.56 Å². The molecule has 0 radical (unpaired) electrons. The average molecular weight is 422 g/mol. The van der Waals surface area contributed by atoms with Gasteiger partial charge in [0.1, 0.15) is 5.82 Å². The quantitative estimate of drug-likeness (QED) is 0.775. The fourth-order valence-electron chi connectivity index (χ4n) is 3.78. The molecule has 2 aromatic heterocycles. The highest BCUT2D eigenvalue weighted by Gasteiger charge is 2.28. The number of hydrogen-bond acceptors (Lipinski definition) is 5. The second kappa shape index (κ2) is 8.59. The summed E-state index contributed by atoms with van der Waals surface area (Å²) in [7, 11) is 0. The van der Waals surface area contributed by atoms with Crippen molar-refractivity contribution in [1.29, 1.82) is 0 Å². The number of nitrogens with one attached hydrogen (secondary N) is 1. The number of nitrogens with zero attached hydrogens (tertiary/aromatic N) is 4.